The molecule has 0 spiro atoms. The molecule has 0 aromatic carbocycles. The first-order chi connectivity index (χ1) is 9.56. The number of nitrogens with one attached hydrogen (secondary N) is 1. The maximum atomic E-state index is 5.86. The lowest BCUT2D eigenvalue weighted by Gasteiger charge is -2.36. The zero-order valence-corrected chi connectivity index (χ0v) is 15.5. The van der Waals surface area contributed by atoms with E-state index in [-0.39, 0.29) is 12.1 Å². The second kappa shape index (κ2) is 11.6. The van der Waals surface area contributed by atoms with Gasteiger partial charge in [-0.05, 0) is 20.8 Å². The Hall–Kier alpha value is -0.0231. The van der Waals surface area contributed by atoms with Crippen molar-refractivity contribution in [1.29, 1.82) is 0 Å². The highest BCUT2D eigenvalue weighted by Crippen LogP contribution is 2.20. The molecule has 2 atom stereocenters. The lowest BCUT2D eigenvalue weighted by Crippen LogP contribution is -2.52. The molecule has 0 aromatic heterocycles. The Kier molecular flexibility index (Phi) is 11.6. The first-order valence-electron chi connectivity index (χ1n) is 7.59. The predicted molar refractivity (Wildman–Crippen MR) is 85.9 cm³/mol. The molecule has 20 heavy (non-hydrogen) atoms. The van der Waals surface area contributed by atoms with Gasteiger partial charge in [0.2, 0.25) is 0 Å². The van der Waals surface area contributed by atoms with Crippen LogP contribution < -0.4 is 16.8 Å². The van der Waals surface area contributed by atoms with Gasteiger partial charge >= 0.3 is 0 Å². The fourth-order valence-corrected chi connectivity index (χ4v) is 3.28. The van der Waals surface area contributed by atoms with Crippen molar-refractivity contribution in [3.63, 3.8) is 0 Å². The van der Waals surface area contributed by atoms with E-state index in [1.54, 1.807) is 0 Å². The molecule has 6 nitrogen and oxygen atoms in total. The van der Waals surface area contributed by atoms with Crippen LogP contribution in [0.3, 0.4) is 0 Å². The van der Waals surface area contributed by atoms with Crippen molar-refractivity contribution in [2.45, 2.75) is 44.7 Å². The quantitative estimate of drug-likeness (QED) is 0.291. The van der Waals surface area contributed by atoms with Crippen molar-refractivity contribution in [3.05, 3.63) is 0 Å². The van der Waals surface area contributed by atoms with Crippen molar-refractivity contribution in [1.82, 2.24) is 5.32 Å². The number of ether oxygens (including phenoxy) is 3. The van der Waals surface area contributed by atoms with E-state index in [9.17, 15) is 0 Å². The molecule has 122 valence electrons. The molecule has 0 amide bonds. The molecule has 0 aliphatic heterocycles. The SMILES string of the molecule is CCOC(CC([SiH3])(OCC)OCC)C(CN)NCCN. The standard InChI is InChI=1S/C13H33N3O3Si/c1-4-17-12(11(10-15)16-8-7-14)9-13(20,18-5-2)19-6-3/h11-12,16H,4-10,14-15H2,1-3,20H3. The summed E-state index contributed by atoms with van der Waals surface area (Å²) in [6.07, 6.45) is 0.654. The highest BCUT2D eigenvalue weighted by Gasteiger charge is 2.32. The Bertz CT molecular complexity index is 229. The maximum Gasteiger partial charge on any atom is 0.144 e. The fraction of sp³-hybridized carbons (Fsp3) is 1.00. The largest absolute Gasteiger partial charge is 0.377 e. The fourth-order valence-electron chi connectivity index (χ4n) is 2.30. The van der Waals surface area contributed by atoms with Crippen LogP contribution in [-0.4, -0.2) is 67.3 Å². The van der Waals surface area contributed by atoms with Gasteiger partial charge in [0.25, 0.3) is 0 Å². The Morgan fingerprint density at radius 2 is 1.70 bits per heavy atom. The smallest absolute Gasteiger partial charge is 0.144 e. The first kappa shape index (κ1) is 20.0. The van der Waals surface area contributed by atoms with Crippen LogP contribution in [0.5, 0.6) is 0 Å². The van der Waals surface area contributed by atoms with Crippen molar-refractivity contribution in [3.8, 4) is 0 Å². The Morgan fingerprint density at radius 3 is 2.10 bits per heavy atom. The molecule has 2 unspecified atom stereocenters. The molecule has 0 heterocycles. The van der Waals surface area contributed by atoms with Crippen LogP contribution in [0.2, 0.25) is 0 Å². The second-order valence-corrected chi connectivity index (χ2v) is 6.31. The molecule has 0 saturated heterocycles. The summed E-state index contributed by atoms with van der Waals surface area (Å²) in [4.78, 5) is 0. The lowest BCUT2D eigenvalue weighted by atomic mass is 10.1. The van der Waals surface area contributed by atoms with Gasteiger partial charge < -0.3 is 31.0 Å². The summed E-state index contributed by atoms with van der Waals surface area (Å²) in [5, 5.41) is 3.34. The van der Waals surface area contributed by atoms with Gasteiger partial charge in [-0.3, -0.25) is 0 Å². The summed E-state index contributed by atoms with van der Waals surface area (Å²) in [6.45, 7) is 9.66. The van der Waals surface area contributed by atoms with Gasteiger partial charge in [0.1, 0.15) is 5.41 Å². The van der Waals surface area contributed by atoms with E-state index in [1.807, 2.05) is 20.8 Å². The van der Waals surface area contributed by atoms with Crippen molar-refractivity contribution >= 4 is 10.2 Å². The van der Waals surface area contributed by atoms with Gasteiger partial charge in [0, 0.05) is 51.9 Å². The molecule has 0 radical (unpaired) electrons. The molecule has 0 saturated carbocycles. The molecule has 0 aromatic rings. The van der Waals surface area contributed by atoms with Crippen molar-refractivity contribution in [2.24, 2.45) is 11.5 Å². The van der Waals surface area contributed by atoms with E-state index in [1.165, 1.54) is 0 Å². The zero-order valence-electron chi connectivity index (χ0n) is 13.5. The van der Waals surface area contributed by atoms with Gasteiger partial charge in [-0.2, -0.15) is 0 Å². The van der Waals surface area contributed by atoms with Crippen LogP contribution in [0, 0.1) is 0 Å². The van der Waals surface area contributed by atoms with Crippen LogP contribution in [0.15, 0.2) is 0 Å². The Labute approximate surface area is 126 Å². The van der Waals surface area contributed by atoms with Gasteiger partial charge in [0.05, 0.1) is 16.3 Å². The number of nitrogens with two attached hydrogens (primary N) is 2. The van der Waals surface area contributed by atoms with E-state index in [2.05, 4.69) is 5.32 Å². The summed E-state index contributed by atoms with van der Waals surface area (Å²) in [5.41, 5.74) is 10.9. The molecule has 7 heteroatoms. The van der Waals surface area contributed by atoms with Gasteiger partial charge in [-0.1, -0.05) is 0 Å². The van der Waals surface area contributed by atoms with Gasteiger partial charge in [-0.15, -0.1) is 0 Å². The monoisotopic (exact) mass is 307 g/mol. The van der Waals surface area contributed by atoms with E-state index in [0.29, 0.717) is 39.3 Å². The third-order valence-corrected chi connectivity index (χ3v) is 4.09. The molecular weight excluding hydrogens is 274 g/mol. The van der Waals surface area contributed by atoms with Crippen LogP contribution in [0.1, 0.15) is 27.2 Å². The molecular formula is C13H33N3O3Si. The van der Waals surface area contributed by atoms with Crippen molar-refractivity contribution < 1.29 is 14.2 Å². The van der Waals surface area contributed by atoms with Crippen molar-refractivity contribution in [2.75, 3.05) is 39.5 Å². The Balaban J connectivity index is 4.75. The normalized spacial score (nSPS) is 15.4. The third kappa shape index (κ3) is 7.68. The van der Waals surface area contributed by atoms with Crippen LogP contribution >= 0.6 is 0 Å². The van der Waals surface area contributed by atoms with E-state index < -0.39 is 5.41 Å². The molecule has 0 rings (SSSR count). The topological polar surface area (TPSA) is 91.8 Å². The van der Waals surface area contributed by atoms with Gasteiger partial charge in [0.15, 0.2) is 0 Å². The third-order valence-electron chi connectivity index (χ3n) is 3.11. The molecule has 0 bridgehead atoms. The number of hydrogen-bond donors (Lipinski definition) is 3. The molecule has 0 aliphatic carbocycles. The van der Waals surface area contributed by atoms with Crippen LogP contribution in [0.25, 0.3) is 0 Å². The second-order valence-electron chi connectivity index (χ2n) is 4.78. The predicted octanol–water partition coefficient (Wildman–Crippen LogP) is -1.25. The summed E-state index contributed by atoms with van der Waals surface area (Å²) in [5.74, 6) is 0. The Morgan fingerprint density at radius 1 is 1.10 bits per heavy atom. The average Bonchev–Trinajstić information content (AvgIpc) is 2.40. The van der Waals surface area contributed by atoms with E-state index >= 15 is 0 Å². The number of rotatable bonds is 13. The first-order valence-corrected chi connectivity index (χ1v) is 8.59. The van der Waals surface area contributed by atoms with E-state index in [4.69, 9.17) is 25.7 Å². The molecule has 5 N–H and O–H groups in total. The van der Waals surface area contributed by atoms with Gasteiger partial charge in [-0.25, -0.2) is 0 Å². The lowest BCUT2D eigenvalue weighted by molar-refractivity contribution is -0.194. The van der Waals surface area contributed by atoms with Crippen LogP contribution in [0.4, 0.5) is 0 Å². The minimum absolute atomic E-state index is 0.0350. The zero-order chi connectivity index (χ0) is 15.4. The van der Waals surface area contributed by atoms with Crippen LogP contribution in [-0.2, 0) is 14.2 Å². The summed E-state index contributed by atoms with van der Waals surface area (Å²) in [7, 11) is 0.778. The summed E-state index contributed by atoms with van der Waals surface area (Å²) >= 11 is 0. The maximum absolute atomic E-state index is 5.86. The highest BCUT2D eigenvalue weighted by atomic mass is 28.1. The summed E-state index contributed by atoms with van der Waals surface area (Å²) in [6, 6.07) is 0.0627. The summed E-state index contributed by atoms with van der Waals surface area (Å²) < 4.78 is 17.5. The highest BCUT2D eigenvalue weighted by molar-refractivity contribution is 6.13. The minimum atomic E-state index is -0.513. The minimum Gasteiger partial charge on any atom is -0.377 e. The molecule has 0 fully saturated rings. The molecule has 0 aliphatic rings. The number of hydrogen-bond acceptors (Lipinski definition) is 6. The van der Waals surface area contributed by atoms with E-state index in [0.717, 1.165) is 16.8 Å². The average molecular weight is 308 g/mol.